The molecule has 0 aromatic heterocycles. The summed E-state index contributed by atoms with van der Waals surface area (Å²) in [6.07, 6.45) is 0. The van der Waals surface area contributed by atoms with Crippen molar-refractivity contribution in [1.29, 1.82) is 0 Å². The zero-order chi connectivity index (χ0) is 16.7. The van der Waals surface area contributed by atoms with E-state index in [2.05, 4.69) is 0 Å². The molecule has 1 aliphatic heterocycles. The molecule has 0 radical (unpaired) electrons. The molecule has 0 unspecified atom stereocenters. The summed E-state index contributed by atoms with van der Waals surface area (Å²) in [5, 5.41) is 2.78. The van der Waals surface area contributed by atoms with Crippen LogP contribution >= 0.6 is 14.7 Å². The molecule has 122 valence electrons. The van der Waals surface area contributed by atoms with E-state index in [4.69, 9.17) is 8.62 Å². The fourth-order valence-corrected chi connectivity index (χ4v) is 13.3. The Morgan fingerprint density at radius 3 is 1.17 bits per heavy atom. The summed E-state index contributed by atoms with van der Waals surface area (Å²) in [6, 6.07) is 29.6. The molecule has 5 heteroatoms. The first-order valence-electron chi connectivity index (χ1n) is 7.76. The summed E-state index contributed by atoms with van der Waals surface area (Å²) in [5.74, 6) is 0. The summed E-state index contributed by atoms with van der Waals surface area (Å²) in [4.78, 5) is 0. The van der Waals surface area contributed by atoms with Crippen LogP contribution in [0.3, 0.4) is 0 Å². The van der Waals surface area contributed by atoms with Crippen LogP contribution in [0.1, 0.15) is 0 Å². The molecule has 0 spiro atoms. The predicted molar refractivity (Wildman–Crippen MR) is 101 cm³/mol. The van der Waals surface area contributed by atoms with Gasteiger partial charge in [-0.05, 0) is 0 Å². The van der Waals surface area contributed by atoms with Gasteiger partial charge >= 0.3 is 141 Å². The van der Waals surface area contributed by atoms with Crippen molar-refractivity contribution in [2.45, 2.75) is 0 Å². The van der Waals surface area contributed by atoms with Gasteiger partial charge < -0.3 is 0 Å². The first kappa shape index (κ1) is 15.7. The second-order valence-corrected chi connectivity index (χ2v) is 12.2. The predicted octanol–water partition coefficient (Wildman–Crippen LogP) is 4.22. The van der Waals surface area contributed by atoms with Crippen molar-refractivity contribution < 1.29 is 13.2 Å². The Labute approximate surface area is 141 Å². The Kier molecular flexibility index (Phi) is 3.53. The van der Waals surface area contributed by atoms with Crippen LogP contribution in [-0.2, 0) is 13.2 Å². The second-order valence-electron chi connectivity index (χ2n) is 5.90. The summed E-state index contributed by atoms with van der Waals surface area (Å²) in [5.41, 5.74) is 0. The summed E-state index contributed by atoms with van der Waals surface area (Å²) in [6.45, 7) is 1.53. The molecule has 3 nitrogen and oxygen atoms in total. The van der Waals surface area contributed by atoms with Crippen LogP contribution in [0.2, 0.25) is 0 Å². The molecule has 3 aromatic carbocycles. The Morgan fingerprint density at radius 2 is 0.917 bits per heavy atom. The van der Waals surface area contributed by atoms with Gasteiger partial charge in [0.15, 0.2) is 0 Å². The van der Waals surface area contributed by atoms with E-state index < -0.39 is 14.7 Å². The normalized spacial score (nSPS) is 25.8. The number of benzene rings is 3. The van der Waals surface area contributed by atoms with Gasteiger partial charge in [0.05, 0.1) is 0 Å². The SMILES string of the molecule is CP1(=O)OP(c2ccccc2)(c2ccccc2)(c2ccccc2)O1. The summed E-state index contributed by atoms with van der Waals surface area (Å²) in [7, 11) is -6.72. The van der Waals surface area contributed by atoms with Crippen LogP contribution in [0.25, 0.3) is 0 Å². The standard InChI is InChI=1S/C19H18O3P2/c1-23(20)21-24(22-23,17-11-5-2-6-12-17,18-13-7-3-8-14-18)19-15-9-4-10-16-19/h2-16H,1H3. The molecule has 3 aromatic rings. The van der Waals surface area contributed by atoms with Gasteiger partial charge in [-0.15, -0.1) is 0 Å². The van der Waals surface area contributed by atoms with Crippen LogP contribution in [0.4, 0.5) is 0 Å². The van der Waals surface area contributed by atoms with Gasteiger partial charge in [-0.3, -0.25) is 0 Å². The number of hydrogen-bond donors (Lipinski definition) is 0. The third-order valence-corrected chi connectivity index (χ3v) is 12.9. The van der Waals surface area contributed by atoms with Crippen molar-refractivity contribution in [3.8, 4) is 0 Å². The van der Waals surface area contributed by atoms with E-state index in [9.17, 15) is 4.57 Å². The van der Waals surface area contributed by atoms with Crippen LogP contribution in [0.5, 0.6) is 0 Å². The van der Waals surface area contributed by atoms with Crippen molar-refractivity contribution in [3.05, 3.63) is 91.0 Å². The zero-order valence-corrected chi connectivity index (χ0v) is 15.1. The van der Waals surface area contributed by atoms with Crippen molar-refractivity contribution in [2.24, 2.45) is 0 Å². The Hall–Kier alpha value is -1.76. The van der Waals surface area contributed by atoms with E-state index in [-0.39, 0.29) is 0 Å². The van der Waals surface area contributed by atoms with E-state index in [1.165, 1.54) is 6.66 Å². The van der Waals surface area contributed by atoms with Gasteiger partial charge in [0.25, 0.3) is 0 Å². The van der Waals surface area contributed by atoms with E-state index >= 15 is 0 Å². The molecule has 1 aliphatic rings. The third-order valence-electron chi connectivity index (χ3n) is 4.28. The Morgan fingerprint density at radius 1 is 0.625 bits per heavy atom. The molecular weight excluding hydrogens is 338 g/mol. The molecule has 1 saturated heterocycles. The topological polar surface area (TPSA) is 35.5 Å². The van der Waals surface area contributed by atoms with Gasteiger partial charge in [0.1, 0.15) is 0 Å². The molecule has 0 saturated carbocycles. The monoisotopic (exact) mass is 356 g/mol. The molecule has 1 fully saturated rings. The molecule has 4 rings (SSSR count). The second kappa shape index (κ2) is 5.37. The summed E-state index contributed by atoms with van der Waals surface area (Å²) >= 11 is 0. The minimum atomic E-state index is -3.62. The maximum absolute atomic E-state index is 12.6. The fourth-order valence-electron chi connectivity index (χ4n) is 3.40. The van der Waals surface area contributed by atoms with Crippen molar-refractivity contribution in [1.82, 2.24) is 0 Å². The van der Waals surface area contributed by atoms with E-state index in [0.29, 0.717) is 0 Å². The Balaban J connectivity index is 2.12. The van der Waals surface area contributed by atoms with E-state index in [1.807, 2.05) is 91.0 Å². The molecule has 0 atom stereocenters. The van der Waals surface area contributed by atoms with Gasteiger partial charge in [-0.25, -0.2) is 0 Å². The molecule has 0 amide bonds. The van der Waals surface area contributed by atoms with E-state index in [1.54, 1.807) is 0 Å². The minimum absolute atomic E-state index is 0.925. The average molecular weight is 356 g/mol. The van der Waals surface area contributed by atoms with E-state index in [0.717, 1.165) is 15.9 Å². The average Bonchev–Trinajstić information content (AvgIpc) is 2.61. The molecule has 0 aliphatic carbocycles. The fraction of sp³-hybridized carbons (Fsp3) is 0.0526. The van der Waals surface area contributed by atoms with Gasteiger partial charge in [-0.2, -0.15) is 0 Å². The van der Waals surface area contributed by atoms with Gasteiger partial charge in [-0.1, -0.05) is 0 Å². The molecular formula is C19H18O3P2. The quantitative estimate of drug-likeness (QED) is 0.660. The maximum atomic E-state index is 12.6. The molecule has 24 heavy (non-hydrogen) atoms. The van der Waals surface area contributed by atoms with Crippen LogP contribution in [0, 0.1) is 0 Å². The summed E-state index contributed by atoms with van der Waals surface area (Å²) < 4.78 is 25.2. The van der Waals surface area contributed by atoms with Crippen LogP contribution in [0.15, 0.2) is 91.0 Å². The van der Waals surface area contributed by atoms with Crippen LogP contribution in [-0.4, -0.2) is 6.66 Å². The van der Waals surface area contributed by atoms with Crippen molar-refractivity contribution in [3.63, 3.8) is 0 Å². The number of rotatable bonds is 3. The third kappa shape index (κ3) is 2.06. The molecule has 1 heterocycles. The first-order valence-corrected chi connectivity index (χ1v) is 11.8. The molecule has 0 N–H and O–H groups in total. The van der Waals surface area contributed by atoms with Gasteiger partial charge in [0.2, 0.25) is 0 Å². The van der Waals surface area contributed by atoms with Gasteiger partial charge in [0, 0.05) is 0 Å². The van der Waals surface area contributed by atoms with Crippen molar-refractivity contribution >= 4 is 30.6 Å². The molecule has 0 bridgehead atoms. The first-order chi connectivity index (χ1) is 11.6. The van der Waals surface area contributed by atoms with Crippen molar-refractivity contribution in [2.75, 3.05) is 6.66 Å². The zero-order valence-electron chi connectivity index (χ0n) is 13.3. The Bertz CT molecular complexity index is 798. The van der Waals surface area contributed by atoms with Crippen LogP contribution < -0.4 is 15.9 Å². The number of hydrogen-bond acceptors (Lipinski definition) is 3.